The zero-order chi connectivity index (χ0) is 18.2. The molecule has 3 aromatic rings. The van der Waals surface area contributed by atoms with E-state index in [9.17, 15) is 4.79 Å². The predicted molar refractivity (Wildman–Crippen MR) is 104 cm³/mol. The molecule has 1 N–H and O–H groups in total. The van der Waals surface area contributed by atoms with Crippen LogP contribution >= 0.6 is 23.4 Å². The summed E-state index contributed by atoms with van der Waals surface area (Å²) in [7, 11) is 1.38. The van der Waals surface area contributed by atoms with Gasteiger partial charge in [0.15, 0.2) is 0 Å². The summed E-state index contributed by atoms with van der Waals surface area (Å²) in [5.41, 5.74) is 2.68. The number of carbonyl (C=O) groups is 1. The van der Waals surface area contributed by atoms with Gasteiger partial charge in [-0.2, -0.15) is 0 Å². The average Bonchev–Trinajstić information content (AvgIpc) is 2.92. The zero-order valence-corrected chi connectivity index (χ0v) is 16.2. The molecule has 3 rings (SSSR count). The molecule has 5 heteroatoms. The van der Waals surface area contributed by atoms with Crippen molar-refractivity contribution in [1.82, 2.24) is 4.98 Å². The quantitative estimate of drug-likeness (QED) is 0.567. The summed E-state index contributed by atoms with van der Waals surface area (Å²) in [4.78, 5) is 17.2. The number of fused-ring (bicyclic) bond motifs is 1. The largest absolute Gasteiger partial charge is 0.464 e. The molecule has 0 atom stereocenters. The van der Waals surface area contributed by atoms with E-state index in [1.54, 1.807) is 6.07 Å². The van der Waals surface area contributed by atoms with Gasteiger partial charge in [0.1, 0.15) is 5.69 Å². The minimum atomic E-state index is -0.388. The van der Waals surface area contributed by atoms with Gasteiger partial charge >= 0.3 is 5.97 Å². The van der Waals surface area contributed by atoms with Gasteiger partial charge in [0.05, 0.1) is 12.0 Å². The lowest BCUT2D eigenvalue weighted by Crippen LogP contribution is -2.10. The lowest BCUT2D eigenvalue weighted by atomic mass is 9.87. The Hall–Kier alpha value is -1.91. The van der Waals surface area contributed by atoms with Crippen LogP contribution in [0.1, 0.15) is 36.8 Å². The summed E-state index contributed by atoms with van der Waals surface area (Å²) in [6.07, 6.45) is 0. The van der Waals surface area contributed by atoms with Crippen LogP contribution in [0.15, 0.2) is 52.3 Å². The van der Waals surface area contributed by atoms with Crippen molar-refractivity contribution in [2.75, 3.05) is 7.11 Å². The van der Waals surface area contributed by atoms with Crippen molar-refractivity contribution < 1.29 is 9.53 Å². The molecule has 0 unspecified atom stereocenters. The first-order valence-corrected chi connectivity index (χ1v) is 9.17. The van der Waals surface area contributed by atoms with Crippen molar-refractivity contribution in [3.8, 4) is 0 Å². The number of halogens is 1. The number of aromatic nitrogens is 1. The zero-order valence-electron chi connectivity index (χ0n) is 14.6. The molecule has 0 radical (unpaired) electrons. The van der Waals surface area contributed by atoms with E-state index in [0.29, 0.717) is 10.7 Å². The molecule has 0 aliphatic rings. The van der Waals surface area contributed by atoms with Gasteiger partial charge in [-0.15, -0.1) is 0 Å². The topological polar surface area (TPSA) is 42.1 Å². The fraction of sp³-hybridized carbons (Fsp3) is 0.250. The van der Waals surface area contributed by atoms with E-state index in [-0.39, 0.29) is 11.4 Å². The fourth-order valence-electron chi connectivity index (χ4n) is 2.63. The van der Waals surface area contributed by atoms with E-state index < -0.39 is 0 Å². The van der Waals surface area contributed by atoms with Crippen LogP contribution in [0, 0.1) is 0 Å². The minimum absolute atomic E-state index is 0.106. The number of ether oxygens (including phenoxy) is 1. The highest BCUT2D eigenvalue weighted by molar-refractivity contribution is 7.99. The number of rotatable bonds is 3. The third-order valence-electron chi connectivity index (χ3n) is 4.04. The van der Waals surface area contributed by atoms with Crippen LogP contribution in [-0.2, 0) is 10.2 Å². The summed E-state index contributed by atoms with van der Waals surface area (Å²) in [5, 5.41) is 1.55. The van der Waals surface area contributed by atoms with Crippen molar-refractivity contribution >= 4 is 40.2 Å². The van der Waals surface area contributed by atoms with Crippen LogP contribution in [0.2, 0.25) is 5.02 Å². The average molecular weight is 374 g/mol. The van der Waals surface area contributed by atoms with E-state index in [2.05, 4.69) is 50.0 Å². The Morgan fingerprint density at radius 3 is 2.40 bits per heavy atom. The predicted octanol–water partition coefficient (Wildman–Crippen LogP) is 6.06. The molecule has 0 bridgehead atoms. The molecule has 3 nitrogen and oxygen atoms in total. The summed E-state index contributed by atoms with van der Waals surface area (Å²) in [6, 6.07) is 14.0. The highest BCUT2D eigenvalue weighted by atomic mass is 35.5. The Labute approximate surface area is 156 Å². The van der Waals surface area contributed by atoms with Gasteiger partial charge in [0, 0.05) is 20.8 Å². The number of H-pyrrole nitrogens is 1. The van der Waals surface area contributed by atoms with Gasteiger partial charge in [0.25, 0.3) is 0 Å². The number of esters is 1. The summed E-state index contributed by atoms with van der Waals surface area (Å²) >= 11 is 7.68. The maximum atomic E-state index is 12.2. The molecular weight excluding hydrogens is 354 g/mol. The van der Waals surface area contributed by atoms with Crippen LogP contribution in [0.25, 0.3) is 10.9 Å². The Kier molecular flexibility index (Phi) is 4.85. The molecule has 0 fully saturated rings. The molecule has 25 heavy (non-hydrogen) atoms. The molecule has 0 saturated heterocycles. The second kappa shape index (κ2) is 6.77. The summed E-state index contributed by atoms with van der Waals surface area (Å²) in [5.74, 6) is -0.388. The second-order valence-corrected chi connectivity index (χ2v) is 8.41. The highest BCUT2D eigenvalue weighted by Gasteiger charge is 2.20. The monoisotopic (exact) mass is 373 g/mol. The van der Waals surface area contributed by atoms with Crippen LogP contribution in [0.5, 0.6) is 0 Å². The number of hydrogen-bond acceptors (Lipinski definition) is 3. The van der Waals surface area contributed by atoms with Crippen molar-refractivity contribution in [2.24, 2.45) is 0 Å². The van der Waals surface area contributed by atoms with E-state index in [1.807, 2.05) is 12.1 Å². The molecule has 0 saturated carbocycles. The minimum Gasteiger partial charge on any atom is -0.464 e. The van der Waals surface area contributed by atoms with Crippen molar-refractivity contribution in [3.63, 3.8) is 0 Å². The molecule has 0 amide bonds. The maximum Gasteiger partial charge on any atom is 0.355 e. The van der Waals surface area contributed by atoms with Gasteiger partial charge in [0.2, 0.25) is 0 Å². The third-order valence-corrected chi connectivity index (χ3v) is 5.41. The van der Waals surface area contributed by atoms with Gasteiger partial charge in [-0.1, -0.05) is 56.3 Å². The van der Waals surface area contributed by atoms with E-state index in [0.717, 1.165) is 20.7 Å². The second-order valence-electron chi connectivity index (χ2n) is 6.89. The SMILES string of the molecule is COC(=O)c1[nH]c2ccc(Cl)cc2c1Sc1ccc(C(C)(C)C)cc1. The normalized spacial score (nSPS) is 11.7. The number of hydrogen-bond donors (Lipinski definition) is 1. The fourth-order valence-corrected chi connectivity index (χ4v) is 3.83. The van der Waals surface area contributed by atoms with Crippen LogP contribution in [-0.4, -0.2) is 18.1 Å². The third kappa shape index (κ3) is 3.70. The van der Waals surface area contributed by atoms with E-state index in [1.165, 1.54) is 24.4 Å². The lowest BCUT2D eigenvalue weighted by molar-refractivity contribution is 0.0591. The Balaban J connectivity index is 2.05. The van der Waals surface area contributed by atoms with Gasteiger partial charge in [-0.05, 0) is 41.3 Å². The van der Waals surface area contributed by atoms with Crippen molar-refractivity contribution in [1.29, 1.82) is 0 Å². The van der Waals surface area contributed by atoms with Crippen molar-refractivity contribution in [2.45, 2.75) is 36.0 Å². The van der Waals surface area contributed by atoms with Crippen LogP contribution < -0.4 is 0 Å². The number of methoxy groups -OCH3 is 1. The number of benzene rings is 2. The first-order valence-electron chi connectivity index (χ1n) is 7.97. The molecule has 0 aliphatic heterocycles. The summed E-state index contributed by atoms with van der Waals surface area (Å²) < 4.78 is 4.92. The Bertz CT molecular complexity index is 923. The lowest BCUT2D eigenvalue weighted by Gasteiger charge is -2.19. The van der Waals surface area contributed by atoms with Gasteiger partial charge < -0.3 is 9.72 Å². The molecule has 1 heterocycles. The highest BCUT2D eigenvalue weighted by Crippen LogP contribution is 2.38. The van der Waals surface area contributed by atoms with Gasteiger partial charge in [-0.25, -0.2) is 4.79 Å². The standard InChI is InChI=1S/C20H20ClNO2S/c1-20(2,3)12-5-8-14(9-6-12)25-18-15-11-13(21)7-10-16(15)22-17(18)19(23)24-4/h5-11,22H,1-4H3. The molecule has 2 aromatic carbocycles. The molecule has 0 aliphatic carbocycles. The van der Waals surface area contributed by atoms with Crippen LogP contribution in [0.3, 0.4) is 0 Å². The summed E-state index contributed by atoms with van der Waals surface area (Å²) in [6.45, 7) is 6.56. The Morgan fingerprint density at radius 1 is 1.12 bits per heavy atom. The van der Waals surface area contributed by atoms with Gasteiger partial charge in [-0.3, -0.25) is 0 Å². The molecule has 1 aromatic heterocycles. The first-order chi connectivity index (χ1) is 11.8. The van der Waals surface area contributed by atoms with Crippen molar-refractivity contribution in [3.05, 3.63) is 58.7 Å². The smallest absolute Gasteiger partial charge is 0.355 e. The number of aromatic amines is 1. The molecular formula is C20H20ClNO2S. The molecule has 130 valence electrons. The number of carbonyl (C=O) groups excluding carboxylic acids is 1. The Morgan fingerprint density at radius 2 is 1.80 bits per heavy atom. The number of nitrogens with one attached hydrogen (secondary N) is 1. The van der Waals surface area contributed by atoms with Crippen LogP contribution in [0.4, 0.5) is 0 Å². The first kappa shape index (κ1) is 17.9. The molecule has 0 spiro atoms. The maximum absolute atomic E-state index is 12.2. The van der Waals surface area contributed by atoms with E-state index >= 15 is 0 Å². The van der Waals surface area contributed by atoms with E-state index in [4.69, 9.17) is 16.3 Å².